The second-order valence-electron chi connectivity index (χ2n) is 7.37. The Morgan fingerprint density at radius 3 is 2.15 bits per heavy atom. The number of hydrogen-bond acceptors (Lipinski definition) is 4. The Labute approximate surface area is 160 Å². The molecule has 1 aromatic rings. The summed E-state index contributed by atoms with van der Waals surface area (Å²) in [6, 6.07) is 3.60. The fourth-order valence-corrected chi connectivity index (χ4v) is 5.32. The van der Waals surface area contributed by atoms with Crippen molar-refractivity contribution in [3.05, 3.63) is 28.8 Å². The molecule has 0 radical (unpaired) electrons. The molecule has 0 unspecified atom stereocenters. The average molecular weight is 397 g/mol. The normalized spacial score (nSPS) is 16.7. The van der Waals surface area contributed by atoms with Crippen LogP contribution in [0.5, 0.6) is 0 Å². The smallest absolute Gasteiger partial charge is 0.329 e. The number of carbonyl (C=O) groups is 2. The van der Waals surface area contributed by atoms with E-state index in [-0.39, 0.29) is 17.9 Å². The van der Waals surface area contributed by atoms with E-state index in [9.17, 15) is 23.1 Å². The van der Waals surface area contributed by atoms with Crippen molar-refractivity contribution in [1.82, 2.24) is 10.0 Å². The monoisotopic (exact) mass is 396 g/mol. The third kappa shape index (κ3) is 5.07. The summed E-state index contributed by atoms with van der Waals surface area (Å²) < 4.78 is 27.6. The van der Waals surface area contributed by atoms with Gasteiger partial charge in [-0.05, 0) is 44.7 Å². The van der Waals surface area contributed by atoms with E-state index in [4.69, 9.17) is 0 Å². The molecule has 7 nitrogen and oxygen atoms in total. The van der Waals surface area contributed by atoms with Gasteiger partial charge in [0.15, 0.2) is 0 Å². The van der Waals surface area contributed by atoms with Crippen LogP contribution in [0.25, 0.3) is 0 Å². The molecule has 1 amide bonds. The summed E-state index contributed by atoms with van der Waals surface area (Å²) in [6.45, 7) is 5.29. The van der Waals surface area contributed by atoms with Gasteiger partial charge in [0.2, 0.25) is 15.9 Å². The minimum Gasteiger partial charge on any atom is -0.480 e. The first-order chi connectivity index (χ1) is 12.6. The molecule has 0 atom stereocenters. The molecule has 0 aromatic heterocycles. The van der Waals surface area contributed by atoms with Crippen LogP contribution < -0.4 is 10.0 Å². The summed E-state index contributed by atoms with van der Waals surface area (Å²) in [5.41, 5.74) is 1.06. The van der Waals surface area contributed by atoms with E-state index < -0.39 is 27.4 Å². The summed E-state index contributed by atoms with van der Waals surface area (Å²) in [4.78, 5) is 24.0. The van der Waals surface area contributed by atoms with E-state index in [2.05, 4.69) is 10.0 Å². The number of carboxylic acids is 1. The molecule has 1 saturated carbocycles. The summed E-state index contributed by atoms with van der Waals surface area (Å²) >= 11 is 0. The maximum absolute atomic E-state index is 12.6. The molecule has 1 aromatic carbocycles. The molecule has 27 heavy (non-hydrogen) atoms. The molecule has 1 fully saturated rings. The van der Waals surface area contributed by atoms with Gasteiger partial charge in [0, 0.05) is 13.0 Å². The SMILES string of the molecule is Cc1cc(C)c(S(=O)(=O)NCCC(=O)NC2(C(=O)O)CCCCC2)c(C)c1. The van der Waals surface area contributed by atoms with Crippen LogP contribution in [0.15, 0.2) is 17.0 Å². The van der Waals surface area contributed by atoms with Gasteiger partial charge < -0.3 is 10.4 Å². The molecule has 0 spiro atoms. The van der Waals surface area contributed by atoms with Crippen LogP contribution in [0, 0.1) is 20.8 Å². The van der Waals surface area contributed by atoms with Crippen LogP contribution in [0.3, 0.4) is 0 Å². The molecule has 0 heterocycles. The van der Waals surface area contributed by atoms with Crippen molar-refractivity contribution in [1.29, 1.82) is 0 Å². The molecule has 1 aliphatic carbocycles. The summed E-state index contributed by atoms with van der Waals surface area (Å²) in [6.07, 6.45) is 3.16. The Bertz CT molecular complexity index is 803. The zero-order valence-corrected chi connectivity index (χ0v) is 16.9. The van der Waals surface area contributed by atoms with Crippen LogP contribution in [0.2, 0.25) is 0 Å². The molecule has 8 heteroatoms. The molecular weight excluding hydrogens is 368 g/mol. The van der Waals surface area contributed by atoms with Gasteiger partial charge >= 0.3 is 5.97 Å². The first-order valence-electron chi connectivity index (χ1n) is 9.19. The minimum atomic E-state index is -3.75. The lowest BCUT2D eigenvalue weighted by molar-refractivity contribution is -0.149. The number of sulfonamides is 1. The van der Waals surface area contributed by atoms with Crippen LogP contribution >= 0.6 is 0 Å². The first-order valence-corrected chi connectivity index (χ1v) is 10.7. The van der Waals surface area contributed by atoms with Crippen molar-refractivity contribution in [2.75, 3.05) is 6.54 Å². The lowest BCUT2D eigenvalue weighted by atomic mass is 9.81. The van der Waals surface area contributed by atoms with E-state index in [1.54, 1.807) is 26.0 Å². The van der Waals surface area contributed by atoms with Gasteiger partial charge in [-0.2, -0.15) is 0 Å². The molecule has 0 bridgehead atoms. The highest BCUT2D eigenvalue weighted by molar-refractivity contribution is 7.89. The minimum absolute atomic E-state index is 0.0867. The summed E-state index contributed by atoms with van der Waals surface area (Å²) in [5.74, 6) is -1.48. The van der Waals surface area contributed by atoms with Gasteiger partial charge in [-0.25, -0.2) is 17.9 Å². The third-order valence-corrected chi connectivity index (χ3v) is 6.78. The summed E-state index contributed by atoms with van der Waals surface area (Å²) in [5, 5.41) is 12.1. The maximum Gasteiger partial charge on any atom is 0.329 e. The number of carbonyl (C=O) groups excluding carboxylic acids is 1. The number of carboxylic acid groups (broad SMARTS) is 1. The van der Waals surface area contributed by atoms with Crippen LogP contribution in [0.1, 0.15) is 55.2 Å². The predicted molar refractivity (Wildman–Crippen MR) is 102 cm³/mol. The number of hydrogen-bond donors (Lipinski definition) is 3. The highest BCUT2D eigenvalue weighted by atomic mass is 32.2. The van der Waals surface area contributed by atoms with Gasteiger partial charge in [-0.1, -0.05) is 37.0 Å². The first kappa shape index (κ1) is 21.4. The molecular formula is C19H28N2O5S. The van der Waals surface area contributed by atoms with E-state index in [0.717, 1.165) is 24.8 Å². The number of amides is 1. The van der Waals surface area contributed by atoms with Crippen molar-refractivity contribution in [3.8, 4) is 0 Å². The van der Waals surface area contributed by atoms with Gasteiger partial charge in [-0.15, -0.1) is 0 Å². The standard InChI is InChI=1S/C19H28N2O5S/c1-13-11-14(2)17(15(3)12-13)27(25,26)20-10-7-16(22)21-19(18(23)24)8-5-4-6-9-19/h11-12,20H,4-10H2,1-3H3,(H,21,22)(H,23,24). The topological polar surface area (TPSA) is 113 Å². The Hall–Kier alpha value is -1.93. The van der Waals surface area contributed by atoms with Crippen LogP contribution in [-0.4, -0.2) is 37.5 Å². The fraction of sp³-hybridized carbons (Fsp3) is 0.579. The number of rotatable bonds is 7. The molecule has 2 rings (SSSR count). The van der Waals surface area contributed by atoms with Crippen molar-refractivity contribution in [2.45, 2.75) is 69.7 Å². The number of aryl methyl sites for hydroxylation is 3. The van der Waals surface area contributed by atoms with E-state index in [1.807, 2.05) is 6.92 Å². The van der Waals surface area contributed by atoms with Crippen LogP contribution in [0.4, 0.5) is 0 Å². The predicted octanol–water partition coefficient (Wildman–Crippen LogP) is 2.18. The Morgan fingerprint density at radius 2 is 1.63 bits per heavy atom. The summed E-state index contributed by atoms with van der Waals surface area (Å²) in [7, 11) is -3.75. The van der Waals surface area contributed by atoms with Gasteiger partial charge in [-0.3, -0.25) is 4.79 Å². The van der Waals surface area contributed by atoms with Gasteiger partial charge in [0.05, 0.1) is 4.90 Å². The quantitative estimate of drug-likeness (QED) is 0.654. The zero-order valence-electron chi connectivity index (χ0n) is 16.1. The molecule has 3 N–H and O–H groups in total. The van der Waals surface area contributed by atoms with Crippen molar-refractivity contribution < 1.29 is 23.1 Å². The highest BCUT2D eigenvalue weighted by Crippen LogP contribution is 2.28. The fourth-order valence-electron chi connectivity index (χ4n) is 3.84. The third-order valence-electron chi connectivity index (χ3n) is 5.01. The Kier molecular flexibility index (Phi) is 6.64. The Balaban J connectivity index is 1.99. The highest BCUT2D eigenvalue weighted by Gasteiger charge is 2.40. The largest absolute Gasteiger partial charge is 0.480 e. The molecule has 150 valence electrons. The van der Waals surface area contributed by atoms with Gasteiger partial charge in [0.25, 0.3) is 0 Å². The second kappa shape index (κ2) is 8.39. The van der Waals surface area contributed by atoms with Crippen molar-refractivity contribution in [2.24, 2.45) is 0 Å². The lowest BCUT2D eigenvalue weighted by Gasteiger charge is -2.34. The van der Waals surface area contributed by atoms with Crippen LogP contribution in [-0.2, 0) is 19.6 Å². The van der Waals surface area contributed by atoms with Gasteiger partial charge in [0.1, 0.15) is 5.54 Å². The van der Waals surface area contributed by atoms with E-state index in [1.165, 1.54) is 0 Å². The molecule has 0 saturated heterocycles. The lowest BCUT2D eigenvalue weighted by Crippen LogP contribution is -2.55. The Morgan fingerprint density at radius 1 is 1.07 bits per heavy atom. The number of nitrogens with one attached hydrogen (secondary N) is 2. The zero-order chi connectivity index (χ0) is 20.2. The van der Waals surface area contributed by atoms with E-state index in [0.29, 0.717) is 24.0 Å². The number of aliphatic carboxylic acids is 1. The maximum atomic E-state index is 12.6. The molecule has 0 aliphatic heterocycles. The molecule has 1 aliphatic rings. The van der Waals surface area contributed by atoms with Crippen molar-refractivity contribution in [3.63, 3.8) is 0 Å². The second-order valence-corrected chi connectivity index (χ2v) is 9.08. The van der Waals surface area contributed by atoms with Crippen molar-refractivity contribution >= 4 is 21.9 Å². The average Bonchev–Trinajstić information content (AvgIpc) is 2.53. The number of benzene rings is 1. The van der Waals surface area contributed by atoms with E-state index >= 15 is 0 Å².